The Bertz CT molecular complexity index is 704. The third-order valence-electron chi connectivity index (χ3n) is 4.02. The van der Waals surface area contributed by atoms with Gasteiger partial charge in [-0.3, -0.25) is 20.5 Å². The second-order valence-corrected chi connectivity index (χ2v) is 6.65. The Morgan fingerprint density at radius 1 is 0.933 bits per heavy atom. The molecular formula is C16H31Cl3N10O. The zero-order valence-electron chi connectivity index (χ0n) is 16.6. The molecule has 1 amide bonds. The predicted octanol–water partition coefficient (Wildman–Crippen LogP) is 1.69. The Hall–Kier alpha value is -2.24. The minimum atomic E-state index is -0.627. The molecule has 0 radical (unpaired) electrons. The van der Waals surface area contributed by atoms with Gasteiger partial charge in [0.25, 0.3) is 5.91 Å². The summed E-state index contributed by atoms with van der Waals surface area (Å²) in [5.41, 5.74) is 21.8. The first-order valence-corrected chi connectivity index (χ1v) is 9.44. The maximum Gasteiger partial charge on any atom is 0.283 e. The average molecular weight is 486 g/mol. The van der Waals surface area contributed by atoms with E-state index in [1.165, 1.54) is 0 Å². The molecule has 11 N–H and O–H groups in total. The minimum absolute atomic E-state index is 0. The van der Waals surface area contributed by atoms with Crippen LogP contribution in [0.15, 0.2) is 0 Å². The number of nitrogens with two attached hydrogens (primary N) is 4. The van der Waals surface area contributed by atoms with Crippen LogP contribution in [-0.2, 0) is 0 Å². The number of nitrogens with zero attached hydrogens (tertiary/aromatic N) is 3. The summed E-state index contributed by atoms with van der Waals surface area (Å²) in [6, 6.07) is 0. The lowest BCUT2D eigenvalue weighted by molar-refractivity contribution is 0.0838. The maximum atomic E-state index is 12.6. The van der Waals surface area contributed by atoms with Gasteiger partial charge < -0.3 is 28.3 Å². The van der Waals surface area contributed by atoms with Gasteiger partial charge in [0.05, 0.1) is 0 Å². The Morgan fingerprint density at radius 3 is 2.00 bits per heavy atom. The normalized spacial score (nSPS) is 9.77. The summed E-state index contributed by atoms with van der Waals surface area (Å²) >= 11 is 5.81. The molecule has 14 heteroatoms. The summed E-state index contributed by atoms with van der Waals surface area (Å²) in [4.78, 5) is 21.3. The molecule has 0 aliphatic carbocycles. The molecule has 1 aromatic rings. The SMILES string of the molecule is Cl.Cl.N=C(N)NCCCCCCCCCN(C(=N)N)C(=O)c1nc(Cl)c(N)nc1N. The van der Waals surface area contributed by atoms with Crippen molar-refractivity contribution in [1.29, 1.82) is 10.8 Å². The smallest absolute Gasteiger partial charge is 0.283 e. The number of anilines is 2. The minimum Gasteiger partial charge on any atom is -0.382 e. The van der Waals surface area contributed by atoms with Crippen LogP contribution in [0.3, 0.4) is 0 Å². The van der Waals surface area contributed by atoms with Crippen LogP contribution in [0.2, 0.25) is 5.15 Å². The van der Waals surface area contributed by atoms with Crippen molar-refractivity contribution in [2.75, 3.05) is 24.6 Å². The number of nitrogens with one attached hydrogen (secondary N) is 3. The van der Waals surface area contributed by atoms with Gasteiger partial charge in [-0.25, -0.2) is 9.97 Å². The fourth-order valence-electron chi connectivity index (χ4n) is 2.56. The van der Waals surface area contributed by atoms with Crippen molar-refractivity contribution in [1.82, 2.24) is 20.2 Å². The summed E-state index contributed by atoms with van der Waals surface area (Å²) in [5, 5.41) is 17.3. The van der Waals surface area contributed by atoms with Crippen LogP contribution in [0.4, 0.5) is 11.6 Å². The number of hydrogen-bond acceptors (Lipinski definition) is 7. The monoisotopic (exact) mass is 484 g/mol. The van der Waals surface area contributed by atoms with E-state index in [1.54, 1.807) is 0 Å². The number of hydrogen-bond donors (Lipinski definition) is 7. The molecular weight excluding hydrogens is 455 g/mol. The number of amides is 1. The molecule has 0 unspecified atom stereocenters. The van der Waals surface area contributed by atoms with E-state index in [1.807, 2.05) is 0 Å². The number of halogens is 3. The van der Waals surface area contributed by atoms with E-state index < -0.39 is 11.9 Å². The van der Waals surface area contributed by atoms with Gasteiger partial charge in [0, 0.05) is 13.1 Å². The van der Waals surface area contributed by atoms with Gasteiger partial charge in [-0.1, -0.05) is 43.7 Å². The quantitative estimate of drug-likeness (QED) is 0.139. The second kappa shape index (κ2) is 15.6. The topological polar surface area (TPSA) is 210 Å². The number of carbonyl (C=O) groups excluding carboxylic acids is 1. The molecule has 0 spiro atoms. The molecule has 0 fully saturated rings. The number of aromatic nitrogens is 2. The Morgan fingerprint density at radius 2 is 1.47 bits per heavy atom. The number of nitrogen functional groups attached to an aromatic ring is 2. The number of unbranched alkanes of at least 4 members (excludes halogenated alkanes) is 6. The lowest BCUT2D eigenvalue weighted by Crippen LogP contribution is -2.42. The van der Waals surface area contributed by atoms with Crippen LogP contribution < -0.4 is 28.3 Å². The molecule has 0 atom stereocenters. The highest BCUT2D eigenvalue weighted by molar-refractivity contribution is 6.31. The molecule has 30 heavy (non-hydrogen) atoms. The molecule has 1 rings (SSSR count). The average Bonchev–Trinajstić information content (AvgIpc) is 2.61. The highest BCUT2D eigenvalue weighted by Crippen LogP contribution is 2.19. The molecule has 1 aromatic heterocycles. The zero-order chi connectivity index (χ0) is 21.1. The van der Waals surface area contributed by atoms with E-state index >= 15 is 0 Å². The van der Waals surface area contributed by atoms with Crippen LogP contribution >= 0.6 is 36.4 Å². The number of carbonyl (C=O) groups is 1. The van der Waals surface area contributed by atoms with Crippen LogP contribution in [0.1, 0.15) is 55.4 Å². The molecule has 0 aromatic carbocycles. The molecule has 0 aliphatic rings. The van der Waals surface area contributed by atoms with Crippen molar-refractivity contribution >= 4 is 65.9 Å². The van der Waals surface area contributed by atoms with E-state index in [0.29, 0.717) is 13.0 Å². The molecule has 1 heterocycles. The third-order valence-corrected chi connectivity index (χ3v) is 4.30. The van der Waals surface area contributed by atoms with Crippen molar-refractivity contribution < 1.29 is 4.79 Å². The second-order valence-electron chi connectivity index (χ2n) is 6.29. The van der Waals surface area contributed by atoms with Crippen molar-refractivity contribution in [3.8, 4) is 0 Å². The molecule has 11 nitrogen and oxygen atoms in total. The highest BCUT2D eigenvalue weighted by atomic mass is 35.5. The molecule has 0 aliphatic heterocycles. The molecule has 0 bridgehead atoms. The van der Waals surface area contributed by atoms with Gasteiger partial charge in [-0.15, -0.1) is 24.8 Å². The standard InChI is InChI=1S/C16H29ClN10O.2ClH/c17-11-13(19)26-12(18)10(25-11)14(28)27(16(22)23)9-7-5-3-1-2-4-6-8-24-15(20)21;;/h1-9H2,(H3,22,23)(H4,18,19,26)(H4,20,21,24);2*1H. The molecule has 0 saturated carbocycles. The summed E-state index contributed by atoms with van der Waals surface area (Å²) < 4.78 is 0. The van der Waals surface area contributed by atoms with Gasteiger partial charge in [0.15, 0.2) is 34.4 Å². The molecule has 0 saturated heterocycles. The highest BCUT2D eigenvalue weighted by Gasteiger charge is 2.23. The van der Waals surface area contributed by atoms with E-state index in [4.69, 9.17) is 45.4 Å². The van der Waals surface area contributed by atoms with Crippen molar-refractivity contribution in [3.05, 3.63) is 10.8 Å². The van der Waals surface area contributed by atoms with Crippen molar-refractivity contribution in [2.45, 2.75) is 44.9 Å². The van der Waals surface area contributed by atoms with Crippen molar-refractivity contribution in [3.63, 3.8) is 0 Å². The van der Waals surface area contributed by atoms with E-state index in [0.717, 1.165) is 43.4 Å². The van der Waals surface area contributed by atoms with E-state index in [9.17, 15) is 4.79 Å². The van der Waals surface area contributed by atoms with Crippen LogP contribution in [-0.4, -0.2) is 45.8 Å². The van der Waals surface area contributed by atoms with Gasteiger partial charge >= 0.3 is 0 Å². The van der Waals surface area contributed by atoms with Gasteiger partial charge in [-0.05, 0) is 12.8 Å². The first-order chi connectivity index (χ1) is 13.2. The van der Waals surface area contributed by atoms with Crippen LogP contribution in [0.25, 0.3) is 0 Å². The Balaban J connectivity index is 0. The zero-order valence-corrected chi connectivity index (χ0v) is 19.0. The van der Waals surface area contributed by atoms with Gasteiger partial charge in [0.1, 0.15) is 0 Å². The first-order valence-electron chi connectivity index (χ1n) is 9.06. The summed E-state index contributed by atoms with van der Waals surface area (Å²) in [7, 11) is 0. The van der Waals surface area contributed by atoms with Crippen LogP contribution in [0, 0.1) is 10.8 Å². The fourth-order valence-corrected chi connectivity index (χ4v) is 2.69. The largest absolute Gasteiger partial charge is 0.382 e. The number of guanidine groups is 2. The lowest BCUT2D eigenvalue weighted by atomic mass is 10.1. The third kappa shape index (κ3) is 10.5. The number of rotatable bonds is 11. The predicted molar refractivity (Wildman–Crippen MR) is 126 cm³/mol. The maximum absolute atomic E-state index is 12.6. The van der Waals surface area contributed by atoms with Crippen LogP contribution in [0.5, 0.6) is 0 Å². The lowest BCUT2D eigenvalue weighted by Gasteiger charge is -2.20. The van der Waals surface area contributed by atoms with Gasteiger partial charge in [-0.2, -0.15) is 0 Å². The first kappa shape index (κ1) is 30.0. The van der Waals surface area contributed by atoms with E-state index in [-0.39, 0.29) is 59.8 Å². The summed E-state index contributed by atoms with van der Waals surface area (Å²) in [6.07, 6.45) is 6.79. The fraction of sp³-hybridized carbons (Fsp3) is 0.562. The summed E-state index contributed by atoms with van der Waals surface area (Å²) in [5.74, 6) is -1.24. The Kier molecular flexibility index (Phi) is 15.6. The summed E-state index contributed by atoms with van der Waals surface area (Å²) in [6.45, 7) is 0.992. The molecule has 172 valence electrons. The van der Waals surface area contributed by atoms with E-state index in [2.05, 4.69) is 15.3 Å². The Labute approximate surface area is 193 Å². The van der Waals surface area contributed by atoms with Gasteiger partial charge in [0.2, 0.25) is 0 Å². The van der Waals surface area contributed by atoms with Crippen molar-refractivity contribution in [2.24, 2.45) is 11.5 Å².